The first-order chi connectivity index (χ1) is 11.3. The van der Waals surface area contributed by atoms with Crippen LogP contribution in [0.25, 0.3) is 11.0 Å². The summed E-state index contributed by atoms with van der Waals surface area (Å²) in [6.45, 7) is 1.66. The molecule has 118 valence electrons. The SMILES string of the molecule is O=C(NC1CCN(c2ncn[nH]2)CC1)c1c[nH]c2ncncc12. The molecule has 0 aliphatic carbocycles. The summed E-state index contributed by atoms with van der Waals surface area (Å²) < 4.78 is 0. The monoisotopic (exact) mass is 312 g/mol. The maximum absolute atomic E-state index is 12.5. The Hall–Kier alpha value is -2.97. The van der Waals surface area contributed by atoms with Crippen molar-refractivity contribution in [1.82, 2.24) is 35.5 Å². The first-order valence-corrected chi connectivity index (χ1v) is 7.49. The highest BCUT2D eigenvalue weighted by atomic mass is 16.1. The van der Waals surface area contributed by atoms with Crippen LogP contribution in [0.4, 0.5) is 5.95 Å². The van der Waals surface area contributed by atoms with Gasteiger partial charge in [-0.25, -0.2) is 15.1 Å². The predicted molar refractivity (Wildman–Crippen MR) is 83.0 cm³/mol. The van der Waals surface area contributed by atoms with Crippen molar-refractivity contribution in [2.75, 3.05) is 18.0 Å². The van der Waals surface area contributed by atoms with Crippen molar-refractivity contribution in [3.63, 3.8) is 0 Å². The first-order valence-electron chi connectivity index (χ1n) is 7.49. The van der Waals surface area contributed by atoms with Gasteiger partial charge in [-0.2, -0.15) is 10.1 Å². The highest BCUT2D eigenvalue weighted by Gasteiger charge is 2.23. The van der Waals surface area contributed by atoms with Crippen LogP contribution in [0, 0.1) is 0 Å². The standard InChI is InChI=1S/C14H16N8O/c23-13(11-6-16-12-10(11)5-15-7-17-12)20-9-1-3-22(4-2-9)14-18-8-19-21-14/h5-9H,1-4H2,(H,20,23)(H,15,16,17)(H,18,19,21). The lowest BCUT2D eigenvalue weighted by Crippen LogP contribution is -2.45. The van der Waals surface area contributed by atoms with Crippen molar-refractivity contribution in [3.05, 3.63) is 30.6 Å². The van der Waals surface area contributed by atoms with Crippen LogP contribution in [0.3, 0.4) is 0 Å². The van der Waals surface area contributed by atoms with Crippen molar-refractivity contribution in [2.45, 2.75) is 18.9 Å². The highest BCUT2D eigenvalue weighted by molar-refractivity contribution is 6.05. The molecule has 0 radical (unpaired) electrons. The minimum Gasteiger partial charge on any atom is -0.349 e. The normalized spacial score (nSPS) is 15.9. The van der Waals surface area contributed by atoms with Gasteiger partial charge in [-0.3, -0.25) is 4.79 Å². The molecule has 23 heavy (non-hydrogen) atoms. The second-order valence-electron chi connectivity index (χ2n) is 5.53. The van der Waals surface area contributed by atoms with E-state index in [2.05, 4.69) is 40.3 Å². The number of anilines is 1. The zero-order chi connectivity index (χ0) is 15.6. The molecule has 0 aromatic carbocycles. The van der Waals surface area contributed by atoms with E-state index in [-0.39, 0.29) is 11.9 Å². The molecule has 0 atom stereocenters. The molecule has 9 heteroatoms. The van der Waals surface area contributed by atoms with Crippen molar-refractivity contribution in [1.29, 1.82) is 0 Å². The minimum atomic E-state index is -0.0934. The third-order valence-electron chi connectivity index (χ3n) is 4.13. The predicted octanol–water partition coefficient (Wildman–Crippen LogP) is 0.475. The van der Waals surface area contributed by atoms with Gasteiger partial charge in [0.05, 0.1) is 5.56 Å². The van der Waals surface area contributed by atoms with Crippen LogP contribution in [0.15, 0.2) is 25.0 Å². The molecular formula is C14H16N8O. The number of aromatic amines is 2. The largest absolute Gasteiger partial charge is 0.349 e. The zero-order valence-electron chi connectivity index (χ0n) is 12.4. The Labute approximate surface area is 131 Å². The van der Waals surface area contributed by atoms with Crippen molar-refractivity contribution >= 4 is 22.9 Å². The average Bonchev–Trinajstić information content (AvgIpc) is 3.25. The fourth-order valence-electron chi connectivity index (χ4n) is 2.90. The summed E-state index contributed by atoms with van der Waals surface area (Å²) in [4.78, 5) is 29.8. The molecule has 0 unspecified atom stereocenters. The zero-order valence-corrected chi connectivity index (χ0v) is 12.4. The van der Waals surface area contributed by atoms with Crippen LogP contribution < -0.4 is 10.2 Å². The first kappa shape index (κ1) is 13.7. The van der Waals surface area contributed by atoms with Gasteiger partial charge in [0.15, 0.2) is 0 Å². The lowest BCUT2D eigenvalue weighted by molar-refractivity contribution is 0.0933. The molecule has 0 spiro atoms. The minimum absolute atomic E-state index is 0.0934. The third-order valence-corrected chi connectivity index (χ3v) is 4.13. The van der Waals surface area contributed by atoms with Crippen molar-refractivity contribution < 1.29 is 4.79 Å². The number of hydrogen-bond donors (Lipinski definition) is 3. The molecule has 3 aromatic heterocycles. The van der Waals surface area contributed by atoms with E-state index in [1.807, 2.05) is 0 Å². The van der Waals surface area contributed by atoms with Gasteiger partial charge < -0.3 is 15.2 Å². The molecule has 9 nitrogen and oxygen atoms in total. The van der Waals surface area contributed by atoms with E-state index in [0.29, 0.717) is 11.2 Å². The number of fused-ring (bicyclic) bond motifs is 1. The van der Waals surface area contributed by atoms with Gasteiger partial charge >= 0.3 is 0 Å². The quantitative estimate of drug-likeness (QED) is 0.647. The van der Waals surface area contributed by atoms with E-state index in [0.717, 1.165) is 37.3 Å². The van der Waals surface area contributed by atoms with E-state index in [1.54, 1.807) is 12.4 Å². The molecule has 4 heterocycles. The van der Waals surface area contributed by atoms with Crippen LogP contribution in [-0.4, -0.2) is 55.2 Å². The molecule has 1 saturated heterocycles. The van der Waals surface area contributed by atoms with Gasteiger partial charge in [-0.15, -0.1) is 0 Å². The van der Waals surface area contributed by atoms with E-state index < -0.39 is 0 Å². The molecule has 4 rings (SSSR count). The van der Waals surface area contributed by atoms with Crippen LogP contribution >= 0.6 is 0 Å². The average molecular weight is 312 g/mol. The van der Waals surface area contributed by atoms with Crippen LogP contribution in [0.2, 0.25) is 0 Å². The Bertz CT molecular complexity index is 803. The number of amides is 1. The number of rotatable bonds is 3. The number of hydrogen-bond acceptors (Lipinski definition) is 6. The lowest BCUT2D eigenvalue weighted by Gasteiger charge is -2.31. The fourth-order valence-corrected chi connectivity index (χ4v) is 2.90. The summed E-state index contributed by atoms with van der Waals surface area (Å²) in [6.07, 6.45) is 8.02. The highest BCUT2D eigenvalue weighted by Crippen LogP contribution is 2.18. The lowest BCUT2D eigenvalue weighted by atomic mass is 10.0. The summed E-state index contributed by atoms with van der Waals surface area (Å²) in [7, 11) is 0. The molecule has 0 saturated carbocycles. The van der Waals surface area contributed by atoms with Crippen LogP contribution in [0.5, 0.6) is 0 Å². The molecule has 1 fully saturated rings. The van der Waals surface area contributed by atoms with Gasteiger partial charge in [-0.1, -0.05) is 0 Å². The molecule has 3 aromatic rings. The maximum atomic E-state index is 12.5. The molecule has 1 amide bonds. The number of carbonyl (C=O) groups excluding carboxylic acids is 1. The van der Waals surface area contributed by atoms with E-state index in [1.165, 1.54) is 12.7 Å². The van der Waals surface area contributed by atoms with Crippen LogP contribution in [0.1, 0.15) is 23.2 Å². The van der Waals surface area contributed by atoms with Gasteiger partial charge in [-0.05, 0) is 12.8 Å². The maximum Gasteiger partial charge on any atom is 0.253 e. The van der Waals surface area contributed by atoms with Crippen molar-refractivity contribution in [3.8, 4) is 0 Å². The van der Waals surface area contributed by atoms with Gasteiger partial charge in [0.1, 0.15) is 18.3 Å². The van der Waals surface area contributed by atoms with E-state index in [9.17, 15) is 4.79 Å². The van der Waals surface area contributed by atoms with Crippen molar-refractivity contribution in [2.24, 2.45) is 0 Å². The van der Waals surface area contributed by atoms with Gasteiger partial charge in [0.25, 0.3) is 5.91 Å². The number of piperidine rings is 1. The summed E-state index contributed by atoms with van der Waals surface area (Å²) in [6, 6.07) is 0.149. The molecule has 0 bridgehead atoms. The second-order valence-corrected chi connectivity index (χ2v) is 5.53. The number of nitrogens with one attached hydrogen (secondary N) is 3. The summed E-state index contributed by atoms with van der Waals surface area (Å²) in [5.74, 6) is 0.688. The third kappa shape index (κ3) is 2.60. The summed E-state index contributed by atoms with van der Waals surface area (Å²) in [5, 5.41) is 10.6. The Morgan fingerprint density at radius 2 is 2.13 bits per heavy atom. The number of carbonyl (C=O) groups is 1. The number of nitrogens with zero attached hydrogens (tertiary/aromatic N) is 5. The van der Waals surface area contributed by atoms with Crippen LogP contribution in [-0.2, 0) is 0 Å². The summed E-state index contributed by atoms with van der Waals surface area (Å²) >= 11 is 0. The fraction of sp³-hybridized carbons (Fsp3) is 0.357. The Morgan fingerprint density at radius 3 is 2.91 bits per heavy atom. The van der Waals surface area contributed by atoms with E-state index in [4.69, 9.17) is 0 Å². The number of aromatic nitrogens is 6. The molecule has 1 aliphatic rings. The smallest absolute Gasteiger partial charge is 0.253 e. The Kier molecular flexibility index (Phi) is 3.37. The Balaban J connectivity index is 1.40. The number of H-pyrrole nitrogens is 2. The molecule has 1 aliphatic heterocycles. The second kappa shape index (κ2) is 5.67. The van der Waals surface area contributed by atoms with Gasteiger partial charge in [0.2, 0.25) is 5.95 Å². The van der Waals surface area contributed by atoms with E-state index >= 15 is 0 Å². The van der Waals surface area contributed by atoms with Gasteiger partial charge in [0, 0.05) is 36.9 Å². The Morgan fingerprint density at radius 1 is 1.26 bits per heavy atom. The molecular weight excluding hydrogens is 296 g/mol. The summed E-state index contributed by atoms with van der Waals surface area (Å²) in [5.41, 5.74) is 1.25. The molecule has 3 N–H and O–H groups in total. The topological polar surface area (TPSA) is 115 Å².